The van der Waals surface area contributed by atoms with Crippen molar-refractivity contribution in [2.75, 3.05) is 26.0 Å². The summed E-state index contributed by atoms with van der Waals surface area (Å²) in [5, 5.41) is 3.77. The fourth-order valence-corrected chi connectivity index (χ4v) is 4.23. The lowest BCUT2D eigenvalue weighted by Crippen LogP contribution is -2.32. The molecule has 2 N–H and O–H groups in total. The van der Waals surface area contributed by atoms with E-state index in [2.05, 4.69) is 10.3 Å². The summed E-state index contributed by atoms with van der Waals surface area (Å²) in [5.41, 5.74) is 2.87. The molecule has 1 aliphatic heterocycles. The lowest BCUT2D eigenvalue weighted by Gasteiger charge is -2.10. The summed E-state index contributed by atoms with van der Waals surface area (Å²) in [6.45, 7) is 1.36. The number of benzene rings is 2. The number of hydrogen-bond donors (Lipinski definition) is 2. The largest absolute Gasteiger partial charge is 0.497 e. The van der Waals surface area contributed by atoms with E-state index in [1.165, 1.54) is 11.8 Å². The maximum absolute atomic E-state index is 12.3. The van der Waals surface area contributed by atoms with Crippen LogP contribution in [-0.4, -0.2) is 48.0 Å². The van der Waals surface area contributed by atoms with Crippen molar-refractivity contribution < 1.29 is 14.3 Å². The molecule has 7 heteroatoms. The molecule has 0 saturated carbocycles. The average molecular weight is 424 g/mol. The zero-order valence-electron chi connectivity index (χ0n) is 16.9. The second kappa shape index (κ2) is 9.82. The first kappa shape index (κ1) is 20.5. The zero-order chi connectivity index (χ0) is 20.8. The highest BCUT2D eigenvalue weighted by molar-refractivity contribution is 8.00. The Morgan fingerprint density at radius 1 is 1.23 bits per heavy atom. The molecule has 2 aromatic carbocycles. The van der Waals surface area contributed by atoms with Crippen LogP contribution in [0.25, 0.3) is 22.6 Å². The quantitative estimate of drug-likeness (QED) is 0.533. The number of H-pyrrole nitrogens is 1. The SMILES string of the molecule is COc1cccc(-c2nc(SCC(=O)NCC3CCCO3)c(-c3ccccc3)[nH]2)c1. The number of aromatic amines is 1. The van der Waals surface area contributed by atoms with Crippen molar-refractivity contribution in [3.05, 3.63) is 54.6 Å². The van der Waals surface area contributed by atoms with Crippen molar-refractivity contribution in [1.82, 2.24) is 15.3 Å². The highest BCUT2D eigenvalue weighted by atomic mass is 32.2. The molecule has 1 amide bonds. The van der Waals surface area contributed by atoms with E-state index in [-0.39, 0.29) is 12.0 Å². The Hall–Kier alpha value is -2.77. The molecule has 6 nitrogen and oxygen atoms in total. The van der Waals surface area contributed by atoms with Gasteiger partial charge < -0.3 is 19.8 Å². The van der Waals surface area contributed by atoms with E-state index in [0.717, 1.165) is 52.9 Å². The van der Waals surface area contributed by atoms with Crippen molar-refractivity contribution in [1.29, 1.82) is 0 Å². The number of hydrogen-bond acceptors (Lipinski definition) is 5. The summed E-state index contributed by atoms with van der Waals surface area (Å²) in [7, 11) is 1.65. The first-order valence-electron chi connectivity index (χ1n) is 10.0. The van der Waals surface area contributed by atoms with E-state index in [9.17, 15) is 4.79 Å². The molecule has 156 valence electrons. The van der Waals surface area contributed by atoms with Crippen LogP contribution in [0.15, 0.2) is 59.6 Å². The van der Waals surface area contributed by atoms with Crippen LogP contribution in [0.5, 0.6) is 5.75 Å². The van der Waals surface area contributed by atoms with Crippen LogP contribution in [0.3, 0.4) is 0 Å². The Morgan fingerprint density at radius 2 is 2.07 bits per heavy atom. The number of methoxy groups -OCH3 is 1. The molecule has 0 spiro atoms. The predicted octanol–water partition coefficient (Wildman–Crippen LogP) is 4.14. The van der Waals surface area contributed by atoms with Crippen molar-refractivity contribution in [3.8, 4) is 28.4 Å². The van der Waals surface area contributed by atoms with Gasteiger partial charge in [0.1, 0.15) is 16.6 Å². The van der Waals surface area contributed by atoms with E-state index in [0.29, 0.717) is 12.3 Å². The molecule has 4 rings (SSSR count). The van der Waals surface area contributed by atoms with E-state index in [1.807, 2.05) is 54.6 Å². The lowest BCUT2D eigenvalue weighted by atomic mass is 10.2. The van der Waals surface area contributed by atoms with Crippen molar-refractivity contribution in [3.63, 3.8) is 0 Å². The molecule has 0 aliphatic carbocycles. The number of aromatic nitrogens is 2. The Balaban J connectivity index is 1.51. The number of imidazole rings is 1. The third-order valence-corrected chi connectivity index (χ3v) is 5.94. The van der Waals surface area contributed by atoms with Crippen molar-refractivity contribution in [2.24, 2.45) is 0 Å². The first-order valence-corrected chi connectivity index (χ1v) is 11.0. The van der Waals surface area contributed by atoms with E-state index < -0.39 is 0 Å². The third kappa shape index (κ3) is 5.04. The van der Waals surface area contributed by atoms with Gasteiger partial charge in [0.25, 0.3) is 0 Å². The molecule has 0 bridgehead atoms. The Bertz CT molecular complexity index is 984. The third-order valence-electron chi connectivity index (χ3n) is 4.97. The number of thioether (sulfide) groups is 1. The first-order chi connectivity index (χ1) is 14.7. The van der Waals surface area contributed by atoms with Gasteiger partial charge in [0.15, 0.2) is 0 Å². The second-order valence-electron chi connectivity index (χ2n) is 7.09. The van der Waals surface area contributed by atoms with Crippen LogP contribution in [0, 0.1) is 0 Å². The molecule has 1 unspecified atom stereocenters. The molecule has 1 saturated heterocycles. The van der Waals surface area contributed by atoms with E-state index >= 15 is 0 Å². The van der Waals surface area contributed by atoms with E-state index in [4.69, 9.17) is 14.5 Å². The molecule has 1 aliphatic rings. The summed E-state index contributed by atoms with van der Waals surface area (Å²) in [6, 6.07) is 17.8. The van der Waals surface area contributed by atoms with Crippen LogP contribution in [0.4, 0.5) is 0 Å². The summed E-state index contributed by atoms with van der Waals surface area (Å²) in [4.78, 5) is 20.6. The number of amides is 1. The number of nitrogens with zero attached hydrogens (tertiary/aromatic N) is 1. The molecule has 2 heterocycles. The Morgan fingerprint density at radius 3 is 2.83 bits per heavy atom. The fourth-order valence-electron chi connectivity index (χ4n) is 3.39. The van der Waals surface area contributed by atoms with Gasteiger partial charge in [-0.05, 0) is 25.0 Å². The number of ether oxygens (including phenoxy) is 2. The normalized spacial score (nSPS) is 15.8. The summed E-state index contributed by atoms with van der Waals surface area (Å²) in [5.74, 6) is 1.80. The van der Waals surface area contributed by atoms with Gasteiger partial charge in [0, 0.05) is 24.3 Å². The maximum atomic E-state index is 12.3. The van der Waals surface area contributed by atoms with Gasteiger partial charge in [-0.3, -0.25) is 4.79 Å². The minimum atomic E-state index is -0.0135. The highest BCUT2D eigenvalue weighted by Crippen LogP contribution is 2.33. The minimum Gasteiger partial charge on any atom is -0.497 e. The van der Waals surface area contributed by atoms with Crippen molar-refractivity contribution in [2.45, 2.75) is 24.0 Å². The second-order valence-corrected chi connectivity index (χ2v) is 8.06. The van der Waals surface area contributed by atoms with Gasteiger partial charge in [-0.15, -0.1) is 0 Å². The van der Waals surface area contributed by atoms with Gasteiger partial charge in [-0.25, -0.2) is 4.98 Å². The lowest BCUT2D eigenvalue weighted by molar-refractivity contribution is -0.119. The van der Waals surface area contributed by atoms with Gasteiger partial charge in [-0.1, -0.05) is 54.2 Å². The molecular formula is C23H25N3O3S. The van der Waals surface area contributed by atoms with Crippen LogP contribution in [0.2, 0.25) is 0 Å². The van der Waals surface area contributed by atoms with Gasteiger partial charge in [-0.2, -0.15) is 0 Å². The number of nitrogens with one attached hydrogen (secondary N) is 2. The molecule has 0 radical (unpaired) electrons. The molecular weight excluding hydrogens is 398 g/mol. The standard InChI is InChI=1S/C23H25N3O3S/c1-28-18-10-5-9-17(13-18)22-25-21(16-7-3-2-4-8-16)23(26-22)30-15-20(27)24-14-19-11-6-12-29-19/h2-5,7-10,13,19H,6,11-12,14-15H2,1H3,(H,24,27)(H,25,26). The average Bonchev–Trinajstić information content (AvgIpc) is 3.47. The summed E-state index contributed by atoms with van der Waals surface area (Å²) >= 11 is 1.43. The van der Waals surface area contributed by atoms with Gasteiger partial charge in [0.2, 0.25) is 5.91 Å². The molecule has 1 aromatic heterocycles. The molecule has 1 atom stereocenters. The summed E-state index contributed by atoms with van der Waals surface area (Å²) < 4.78 is 10.9. The molecule has 3 aromatic rings. The van der Waals surface area contributed by atoms with Crippen LogP contribution in [0.1, 0.15) is 12.8 Å². The van der Waals surface area contributed by atoms with E-state index in [1.54, 1.807) is 7.11 Å². The van der Waals surface area contributed by atoms with Crippen LogP contribution < -0.4 is 10.1 Å². The highest BCUT2D eigenvalue weighted by Gasteiger charge is 2.18. The topological polar surface area (TPSA) is 76.2 Å². The molecule has 1 fully saturated rings. The van der Waals surface area contributed by atoms with Gasteiger partial charge in [0.05, 0.1) is 24.7 Å². The predicted molar refractivity (Wildman–Crippen MR) is 119 cm³/mol. The Labute approximate surface area is 180 Å². The monoisotopic (exact) mass is 423 g/mol. The van der Waals surface area contributed by atoms with Crippen molar-refractivity contribution >= 4 is 17.7 Å². The minimum absolute atomic E-state index is 0.0135. The maximum Gasteiger partial charge on any atom is 0.230 e. The van der Waals surface area contributed by atoms with Crippen LogP contribution in [-0.2, 0) is 9.53 Å². The summed E-state index contributed by atoms with van der Waals surface area (Å²) in [6.07, 6.45) is 2.22. The van der Waals surface area contributed by atoms with Gasteiger partial charge >= 0.3 is 0 Å². The Kier molecular flexibility index (Phi) is 6.71. The number of carbonyl (C=O) groups excluding carboxylic acids is 1. The smallest absolute Gasteiger partial charge is 0.230 e. The zero-order valence-corrected chi connectivity index (χ0v) is 17.7. The number of rotatable bonds is 8. The molecule has 30 heavy (non-hydrogen) atoms. The van der Waals surface area contributed by atoms with Crippen LogP contribution >= 0.6 is 11.8 Å². The fraction of sp³-hybridized carbons (Fsp3) is 0.304. The number of carbonyl (C=O) groups is 1.